The zero-order chi connectivity index (χ0) is 18.5. The van der Waals surface area contributed by atoms with Gasteiger partial charge < -0.3 is 25.0 Å². The van der Waals surface area contributed by atoms with Crippen molar-refractivity contribution in [2.75, 3.05) is 69.8 Å². The highest BCUT2D eigenvalue weighted by molar-refractivity contribution is 5.72. The first-order valence-electron chi connectivity index (χ1n) is 10.6. The van der Waals surface area contributed by atoms with Gasteiger partial charge in [-0.25, -0.2) is 0 Å². The third-order valence-electron chi connectivity index (χ3n) is 6.23. The Kier molecular flexibility index (Phi) is 6.37. The van der Waals surface area contributed by atoms with Gasteiger partial charge in [0.2, 0.25) is 0 Å². The molecule has 4 rings (SSSR count). The highest BCUT2D eigenvalue weighted by atomic mass is 16.5. The summed E-state index contributed by atoms with van der Waals surface area (Å²) >= 11 is 0. The normalized spacial score (nSPS) is 25.4. The highest BCUT2D eigenvalue weighted by Crippen LogP contribution is 2.34. The maximum Gasteiger partial charge on any atom is 0.121 e. The van der Waals surface area contributed by atoms with Gasteiger partial charge >= 0.3 is 0 Å². The van der Waals surface area contributed by atoms with Crippen LogP contribution in [0.5, 0.6) is 5.75 Å². The number of morpholine rings is 1. The van der Waals surface area contributed by atoms with E-state index in [9.17, 15) is 0 Å². The van der Waals surface area contributed by atoms with Crippen LogP contribution >= 0.6 is 0 Å². The van der Waals surface area contributed by atoms with Gasteiger partial charge in [0.05, 0.1) is 31.7 Å². The monoisotopic (exact) mass is 374 g/mol. The Bertz CT molecular complexity index is 592. The number of hydrogen-bond donors (Lipinski definition) is 2. The molecule has 150 valence electrons. The topological polar surface area (TPSA) is 49.0 Å². The van der Waals surface area contributed by atoms with E-state index in [4.69, 9.17) is 9.47 Å². The Hall–Kier alpha value is -1.50. The molecule has 0 unspecified atom stereocenters. The Labute approximate surface area is 163 Å². The number of methoxy groups -OCH3 is 1. The summed E-state index contributed by atoms with van der Waals surface area (Å²) in [7, 11) is 1.75. The van der Waals surface area contributed by atoms with Gasteiger partial charge in [-0.1, -0.05) is 0 Å². The van der Waals surface area contributed by atoms with Gasteiger partial charge in [-0.15, -0.1) is 0 Å². The molecule has 0 aliphatic carbocycles. The second-order valence-corrected chi connectivity index (χ2v) is 7.94. The summed E-state index contributed by atoms with van der Waals surface area (Å²) in [6.07, 6.45) is 4.93. The molecule has 3 saturated heterocycles. The summed E-state index contributed by atoms with van der Waals surface area (Å²) < 4.78 is 11.0. The molecule has 0 amide bonds. The van der Waals surface area contributed by atoms with Gasteiger partial charge in [-0.2, -0.15) is 0 Å². The van der Waals surface area contributed by atoms with Crippen molar-refractivity contribution in [2.45, 2.75) is 37.8 Å². The third-order valence-corrected chi connectivity index (χ3v) is 6.23. The van der Waals surface area contributed by atoms with E-state index in [1.54, 1.807) is 7.11 Å². The van der Waals surface area contributed by atoms with Crippen LogP contribution in [-0.2, 0) is 4.74 Å². The molecule has 3 fully saturated rings. The van der Waals surface area contributed by atoms with Crippen LogP contribution in [0, 0.1) is 0 Å². The van der Waals surface area contributed by atoms with Crippen LogP contribution < -0.4 is 20.3 Å². The van der Waals surface area contributed by atoms with E-state index >= 15 is 0 Å². The van der Waals surface area contributed by atoms with Crippen LogP contribution in [0.4, 0.5) is 11.4 Å². The van der Waals surface area contributed by atoms with E-state index < -0.39 is 0 Å². The average Bonchev–Trinajstić information content (AvgIpc) is 2.75. The van der Waals surface area contributed by atoms with Gasteiger partial charge in [-0.3, -0.25) is 4.90 Å². The number of nitrogens with zero attached hydrogens (tertiary/aromatic N) is 2. The fraction of sp³-hybridized carbons (Fsp3) is 0.714. The molecule has 0 bridgehead atoms. The highest BCUT2D eigenvalue weighted by Gasteiger charge is 2.27. The van der Waals surface area contributed by atoms with Gasteiger partial charge in [0.25, 0.3) is 0 Å². The lowest BCUT2D eigenvalue weighted by Crippen LogP contribution is -2.49. The molecular formula is C21H34N4O2. The van der Waals surface area contributed by atoms with Crippen molar-refractivity contribution in [3.63, 3.8) is 0 Å². The first-order chi connectivity index (χ1) is 13.3. The molecule has 6 heteroatoms. The Balaban J connectivity index is 1.43. The van der Waals surface area contributed by atoms with Crippen LogP contribution in [-0.4, -0.2) is 76.6 Å². The van der Waals surface area contributed by atoms with Crippen LogP contribution in [0.15, 0.2) is 18.2 Å². The fourth-order valence-electron chi connectivity index (χ4n) is 4.63. The zero-order valence-electron chi connectivity index (χ0n) is 16.6. The number of rotatable bonds is 5. The molecule has 0 radical (unpaired) electrons. The van der Waals surface area contributed by atoms with Crippen molar-refractivity contribution >= 4 is 11.4 Å². The first-order valence-corrected chi connectivity index (χ1v) is 10.6. The fourth-order valence-corrected chi connectivity index (χ4v) is 4.63. The quantitative estimate of drug-likeness (QED) is 0.824. The molecule has 0 aromatic heterocycles. The molecule has 27 heavy (non-hydrogen) atoms. The van der Waals surface area contributed by atoms with Crippen molar-refractivity contribution in [3.05, 3.63) is 18.2 Å². The number of benzene rings is 1. The largest absolute Gasteiger partial charge is 0.497 e. The van der Waals surface area contributed by atoms with Gasteiger partial charge in [0.15, 0.2) is 0 Å². The predicted octanol–water partition coefficient (Wildman–Crippen LogP) is 2.16. The number of hydrogen-bond acceptors (Lipinski definition) is 6. The number of anilines is 2. The lowest BCUT2D eigenvalue weighted by molar-refractivity contribution is 0.0115. The Morgan fingerprint density at radius 3 is 2.63 bits per heavy atom. The smallest absolute Gasteiger partial charge is 0.121 e. The zero-order valence-corrected chi connectivity index (χ0v) is 16.6. The summed E-state index contributed by atoms with van der Waals surface area (Å²) in [5, 5.41) is 7.29. The second-order valence-electron chi connectivity index (χ2n) is 7.94. The molecule has 3 heterocycles. The number of piperidine rings is 2. The van der Waals surface area contributed by atoms with Crippen LogP contribution in [0.3, 0.4) is 0 Å². The Morgan fingerprint density at radius 1 is 1.11 bits per heavy atom. The lowest BCUT2D eigenvalue weighted by atomic mass is 10.0. The molecule has 1 aromatic rings. The summed E-state index contributed by atoms with van der Waals surface area (Å²) in [6.45, 7) is 8.35. The van der Waals surface area contributed by atoms with Crippen LogP contribution in [0.1, 0.15) is 25.7 Å². The SMILES string of the molecule is COc1ccc(N[C@@H]2CCCNC2)c(N2CCC(N3CCOCC3)CC2)c1. The number of nitrogens with one attached hydrogen (secondary N) is 2. The molecule has 2 N–H and O–H groups in total. The van der Waals surface area contributed by atoms with Gasteiger partial charge in [0, 0.05) is 50.9 Å². The summed E-state index contributed by atoms with van der Waals surface area (Å²) in [5.74, 6) is 0.938. The molecule has 3 aliphatic heterocycles. The minimum Gasteiger partial charge on any atom is -0.497 e. The molecule has 3 aliphatic rings. The lowest BCUT2D eigenvalue weighted by Gasteiger charge is -2.41. The first kappa shape index (κ1) is 18.8. The maximum atomic E-state index is 5.52. The van der Waals surface area contributed by atoms with E-state index in [2.05, 4.69) is 38.6 Å². The van der Waals surface area contributed by atoms with Crippen molar-refractivity contribution in [3.8, 4) is 5.75 Å². The minimum atomic E-state index is 0.511. The maximum absolute atomic E-state index is 5.52. The van der Waals surface area contributed by atoms with E-state index in [-0.39, 0.29) is 0 Å². The predicted molar refractivity (Wildman–Crippen MR) is 110 cm³/mol. The van der Waals surface area contributed by atoms with Crippen molar-refractivity contribution in [2.24, 2.45) is 0 Å². The Morgan fingerprint density at radius 2 is 1.93 bits per heavy atom. The average molecular weight is 375 g/mol. The summed E-state index contributed by atoms with van der Waals surface area (Å²) in [5.41, 5.74) is 2.54. The van der Waals surface area contributed by atoms with Crippen LogP contribution in [0.2, 0.25) is 0 Å². The number of ether oxygens (including phenoxy) is 2. The summed E-state index contributed by atoms with van der Waals surface area (Å²) in [6, 6.07) is 7.68. The standard InChI is InChI=1S/C21H34N4O2/c1-26-19-4-5-20(23-17-3-2-8-22-16-17)21(15-19)25-9-6-18(7-10-25)24-11-13-27-14-12-24/h4-5,15,17-18,22-23H,2-3,6-14,16H2,1H3/t17-/m1/s1. The van der Waals surface area contributed by atoms with Crippen molar-refractivity contribution < 1.29 is 9.47 Å². The van der Waals surface area contributed by atoms with Crippen molar-refractivity contribution in [1.29, 1.82) is 0 Å². The minimum absolute atomic E-state index is 0.511. The molecule has 1 atom stereocenters. The van der Waals surface area contributed by atoms with Crippen LogP contribution in [0.25, 0.3) is 0 Å². The van der Waals surface area contributed by atoms with E-state index in [0.29, 0.717) is 12.1 Å². The summed E-state index contributed by atoms with van der Waals surface area (Å²) in [4.78, 5) is 5.16. The molecular weight excluding hydrogens is 340 g/mol. The molecule has 0 saturated carbocycles. The second kappa shape index (κ2) is 9.13. The molecule has 0 spiro atoms. The van der Waals surface area contributed by atoms with Gasteiger partial charge in [0.1, 0.15) is 5.75 Å². The van der Waals surface area contributed by atoms with E-state index in [0.717, 1.165) is 58.2 Å². The molecule has 1 aromatic carbocycles. The third kappa shape index (κ3) is 4.68. The van der Waals surface area contributed by atoms with Gasteiger partial charge in [-0.05, 0) is 44.4 Å². The van der Waals surface area contributed by atoms with Crippen molar-refractivity contribution in [1.82, 2.24) is 10.2 Å². The van der Waals surface area contributed by atoms with E-state index in [1.165, 1.54) is 37.1 Å². The van der Waals surface area contributed by atoms with E-state index in [1.807, 2.05) is 0 Å². The molecule has 6 nitrogen and oxygen atoms in total.